The molecule has 0 aromatic heterocycles. The molecule has 198 valence electrons. The Bertz CT molecular complexity index is 721. The number of likely N-dealkylation sites (tertiary alicyclic amines) is 1. The van der Waals surface area contributed by atoms with Gasteiger partial charge in [-0.2, -0.15) is 5.26 Å². The average Bonchev–Trinajstić information content (AvgIpc) is 2.84. The topological polar surface area (TPSA) is 126 Å². The van der Waals surface area contributed by atoms with Crippen LogP contribution >= 0.6 is 0 Å². The van der Waals surface area contributed by atoms with Crippen molar-refractivity contribution in [3.8, 4) is 6.07 Å². The molecule has 1 heterocycles. The van der Waals surface area contributed by atoms with E-state index in [0.29, 0.717) is 11.8 Å². The normalized spacial score (nSPS) is 14.0. The van der Waals surface area contributed by atoms with Crippen LogP contribution in [-0.2, 0) is 11.2 Å². The highest BCUT2D eigenvalue weighted by Crippen LogP contribution is 2.11. The lowest BCUT2D eigenvalue weighted by Crippen LogP contribution is -2.50. The fraction of sp³-hybridized carbons (Fsp3) is 0.654. The van der Waals surface area contributed by atoms with E-state index in [1.165, 1.54) is 13.5 Å². The average molecular weight is 490 g/mol. The number of rotatable bonds is 5. The van der Waals surface area contributed by atoms with Crippen LogP contribution in [0.4, 0.5) is 4.79 Å². The first-order valence-electron chi connectivity index (χ1n) is 12.5. The number of hydrogen-bond donors (Lipinski definition) is 4. The van der Waals surface area contributed by atoms with E-state index in [0.717, 1.165) is 31.5 Å². The van der Waals surface area contributed by atoms with Crippen molar-refractivity contribution in [1.82, 2.24) is 15.5 Å². The van der Waals surface area contributed by atoms with Crippen LogP contribution < -0.4 is 10.6 Å². The van der Waals surface area contributed by atoms with Crippen LogP contribution in [0.2, 0.25) is 0 Å². The molecule has 2 unspecified atom stereocenters. The second-order valence-electron chi connectivity index (χ2n) is 9.67. The van der Waals surface area contributed by atoms with E-state index in [9.17, 15) is 9.59 Å². The van der Waals surface area contributed by atoms with Crippen molar-refractivity contribution in [2.24, 2.45) is 11.3 Å². The Labute approximate surface area is 213 Å². The Morgan fingerprint density at radius 3 is 1.97 bits per heavy atom. The van der Waals surface area contributed by atoms with Crippen LogP contribution in [0.5, 0.6) is 0 Å². The molecule has 1 aromatic carbocycles. The molecule has 0 bridgehead atoms. The van der Waals surface area contributed by atoms with Gasteiger partial charge in [0.2, 0.25) is 5.91 Å². The van der Waals surface area contributed by atoms with Gasteiger partial charge in [-0.25, -0.2) is 4.79 Å². The van der Waals surface area contributed by atoms with Gasteiger partial charge in [0.15, 0.2) is 0 Å². The molecular formula is C26H47BN4O4. The summed E-state index contributed by atoms with van der Waals surface area (Å²) in [7, 11) is -0.115. The molecule has 0 spiro atoms. The van der Waals surface area contributed by atoms with E-state index in [4.69, 9.17) is 15.3 Å². The summed E-state index contributed by atoms with van der Waals surface area (Å²) in [6, 6.07) is 10.8. The maximum absolute atomic E-state index is 11.4. The lowest BCUT2D eigenvalue weighted by atomic mass is 9.76. The smallest absolute Gasteiger partial charge is 0.426 e. The molecule has 0 saturated carbocycles. The van der Waals surface area contributed by atoms with Gasteiger partial charge in [0.25, 0.3) is 0 Å². The van der Waals surface area contributed by atoms with Crippen molar-refractivity contribution < 1.29 is 19.6 Å². The van der Waals surface area contributed by atoms with Gasteiger partial charge >= 0.3 is 13.1 Å². The fourth-order valence-electron chi connectivity index (χ4n) is 2.78. The fourth-order valence-corrected chi connectivity index (χ4v) is 2.78. The first kappa shape index (κ1) is 34.6. The summed E-state index contributed by atoms with van der Waals surface area (Å²) in [5.74, 6) is -1.19. The zero-order valence-electron chi connectivity index (χ0n) is 23.0. The minimum absolute atomic E-state index is 0.00259. The summed E-state index contributed by atoms with van der Waals surface area (Å²) < 4.78 is 0. The second-order valence-corrected chi connectivity index (χ2v) is 9.67. The molecule has 0 aliphatic carbocycles. The first-order chi connectivity index (χ1) is 16.4. The number of amides is 3. The van der Waals surface area contributed by atoms with E-state index in [-0.39, 0.29) is 5.91 Å². The molecule has 3 amide bonds. The number of nitrogens with zero attached hydrogens (tertiary/aromatic N) is 2. The Morgan fingerprint density at radius 1 is 1.09 bits per heavy atom. The van der Waals surface area contributed by atoms with Crippen LogP contribution in [0.25, 0.3) is 0 Å². The summed E-state index contributed by atoms with van der Waals surface area (Å²) in [5.41, 5.74) is 1.43. The number of benzene rings is 1. The minimum atomic E-state index is -1.59. The van der Waals surface area contributed by atoms with Crippen molar-refractivity contribution in [3.05, 3.63) is 35.9 Å². The van der Waals surface area contributed by atoms with Gasteiger partial charge in [-0.15, -0.1) is 0 Å². The molecule has 2 rings (SSSR count). The third kappa shape index (κ3) is 19.4. The van der Waals surface area contributed by atoms with Gasteiger partial charge in [-0.05, 0) is 43.6 Å². The van der Waals surface area contributed by atoms with Crippen LogP contribution in [0.15, 0.2) is 30.3 Å². The Kier molecular flexibility index (Phi) is 19.5. The molecule has 8 nitrogen and oxygen atoms in total. The van der Waals surface area contributed by atoms with Gasteiger partial charge in [0.05, 0.1) is 12.0 Å². The Morgan fingerprint density at radius 2 is 1.57 bits per heavy atom. The minimum Gasteiger partial charge on any atom is -0.426 e. The van der Waals surface area contributed by atoms with Gasteiger partial charge in [0, 0.05) is 20.1 Å². The van der Waals surface area contributed by atoms with E-state index >= 15 is 0 Å². The quantitative estimate of drug-likeness (QED) is 0.468. The molecule has 1 aliphatic rings. The van der Waals surface area contributed by atoms with Crippen LogP contribution in [0.1, 0.15) is 73.3 Å². The number of hydrogen-bond acceptors (Lipinski definition) is 5. The summed E-state index contributed by atoms with van der Waals surface area (Å²) in [6.07, 6.45) is 3.75. The molecule has 1 fully saturated rings. The lowest BCUT2D eigenvalue weighted by molar-refractivity contribution is -0.134. The molecule has 4 N–H and O–H groups in total. The molecule has 1 saturated heterocycles. The number of nitriles is 1. The summed E-state index contributed by atoms with van der Waals surface area (Å²) >= 11 is 0. The highest BCUT2D eigenvalue weighted by atomic mass is 16.4. The Balaban J connectivity index is 0. The van der Waals surface area contributed by atoms with Gasteiger partial charge < -0.3 is 25.6 Å². The monoisotopic (exact) mass is 490 g/mol. The van der Waals surface area contributed by atoms with E-state index in [1.807, 2.05) is 50.2 Å². The predicted octanol–water partition coefficient (Wildman–Crippen LogP) is 3.78. The van der Waals surface area contributed by atoms with Gasteiger partial charge in [-0.3, -0.25) is 4.79 Å². The van der Waals surface area contributed by atoms with Crippen LogP contribution in [-0.4, -0.2) is 60.1 Å². The summed E-state index contributed by atoms with van der Waals surface area (Å²) in [6.45, 7) is 16.1. The third-order valence-electron chi connectivity index (χ3n) is 4.43. The zero-order chi connectivity index (χ0) is 27.4. The van der Waals surface area contributed by atoms with Crippen molar-refractivity contribution >= 4 is 19.1 Å². The molecule has 9 heteroatoms. The molecule has 35 heavy (non-hydrogen) atoms. The van der Waals surface area contributed by atoms with Gasteiger partial charge in [0.1, 0.15) is 5.92 Å². The zero-order valence-corrected chi connectivity index (χ0v) is 23.0. The standard InChI is InChI=1S/C10H15BN2O3.C9H14N2O.C5H12.C2H6/c1-12-10(14)13-9(11(15)16)7-8-5-3-2-4-6-8;1-8(7-10)9(12)11-5-3-2-4-6-11;1-5(2,3)4;1-2/h2-6,9,15-16H,7H2,1H3,(H2,12,13,14);8H,2-6H2,1H3;1-4H3;1-2H3. The number of carbonyl (C=O) groups is 2. The number of carbonyl (C=O) groups excluding carboxylic acids is 2. The van der Waals surface area contributed by atoms with Gasteiger partial charge in [-0.1, -0.05) is 71.9 Å². The number of nitrogens with one attached hydrogen (secondary N) is 2. The summed E-state index contributed by atoms with van der Waals surface area (Å²) in [5, 5.41) is 31.6. The maximum atomic E-state index is 11.4. The van der Waals surface area contributed by atoms with Crippen molar-refractivity contribution in [2.75, 3.05) is 20.1 Å². The van der Waals surface area contributed by atoms with Crippen LogP contribution in [0.3, 0.4) is 0 Å². The van der Waals surface area contributed by atoms with Crippen molar-refractivity contribution in [3.63, 3.8) is 0 Å². The van der Waals surface area contributed by atoms with E-state index < -0.39 is 25.0 Å². The highest BCUT2D eigenvalue weighted by Gasteiger charge is 2.25. The summed E-state index contributed by atoms with van der Waals surface area (Å²) in [4.78, 5) is 24.3. The third-order valence-corrected chi connectivity index (χ3v) is 4.43. The molecule has 1 aromatic rings. The molecule has 2 atom stereocenters. The molecule has 1 aliphatic heterocycles. The SMILES string of the molecule is CC.CC(C#N)C(=O)N1CCCCC1.CC(C)(C)C.CNC(=O)NC(Cc1ccccc1)B(O)O. The highest BCUT2D eigenvalue weighted by molar-refractivity contribution is 6.43. The number of piperidine rings is 1. The molecule has 0 radical (unpaired) electrons. The number of urea groups is 1. The second kappa shape index (κ2) is 19.7. The van der Waals surface area contributed by atoms with Crippen molar-refractivity contribution in [2.45, 2.75) is 80.1 Å². The lowest BCUT2D eigenvalue weighted by Gasteiger charge is -2.27. The van der Waals surface area contributed by atoms with Crippen molar-refractivity contribution in [1.29, 1.82) is 5.26 Å². The maximum Gasteiger partial charge on any atom is 0.475 e. The first-order valence-corrected chi connectivity index (χ1v) is 12.5. The van der Waals surface area contributed by atoms with Crippen LogP contribution in [0, 0.1) is 22.7 Å². The Hall–Kier alpha value is -2.57. The van der Waals surface area contributed by atoms with E-state index in [1.54, 1.807) is 11.8 Å². The largest absolute Gasteiger partial charge is 0.475 e. The molecular weight excluding hydrogens is 443 g/mol. The predicted molar refractivity (Wildman–Crippen MR) is 143 cm³/mol. The van der Waals surface area contributed by atoms with E-state index in [2.05, 4.69) is 38.3 Å².